The number of carbonyl (C=O) groups is 2. The number of halogens is 3. The fraction of sp³-hybridized carbons (Fsp3) is 0.429. The number of carbonyl (C=O) groups excluding carboxylic acids is 2. The Balaban J connectivity index is 1.80. The maximum atomic E-state index is 12.2. The number of rotatable bonds is 4. The Bertz CT molecular complexity index is 748. The second kappa shape index (κ2) is 7.65. The van der Waals surface area contributed by atoms with E-state index in [2.05, 4.69) is 10.9 Å². The highest BCUT2D eigenvalue weighted by molar-refractivity contribution is 8.00. The summed E-state index contributed by atoms with van der Waals surface area (Å²) >= 11 is -0.294. The Kier molecular flexibility index (Phi) is 5.99. The molecule has 0 unspecified atom stereocenters. The van der Waals surface area contributed by atoms with E-state index in [-0.39, 0.29) is 46.1 Å². The third-order valence-electron chi connectivity index (χ3n) is 3.47. The van der Waals surface area contributed by atoms with Crippen molar-refractivity contribution in [2.45, 2.75) is 23.2 Å². The second-order valence-corrected chi connectivity index (χ2v) is 8.91. The van der Waals surface area contributed by atoms with E-state index in [1.807, 2.05) is 0 Å². The number of hydrogen-bond acceptors (Lipinski definition) is 5. The van der Waals surface area contributed by atoms with Crippen LogP contribution in [0.5, 0.6) is 0 Å². The van der Waals surface area contributed by atoms with Crippen LogP contribution in [0.3, 0.4) is 0 Å². The molecule has 1 saturated heterocycles. The summed E-state index contributed by atoms with van der Waals surface area (Å²) in [5.41, 5.74) is -0.0186. The molecule has 1 aromatic rings. The van der Waals surface area contributed by atoms with E-state index < -0.39 is 27.2 Å². The van der Waals surface area contributed by atoms with Crippen molar-refractivity contribution in [3.05, 3.63) is 29.8 Å². The van der Waals surface area contributed by atoms with Gasteiger partial charge in [-0.25, -0.2) is 8.42 Å². The summed E-state index contributed by atoms with van der Waals surface area (Å²) in [6.07, 6.45) is 0.378. The van der Waals surface area contributed by atoms with Crippen molar-refractivity contribution in [2.75, 3.05) is 11.5 Å². The van der Waals surface area contributed by atoms with Gasteiger partial charge in [-0.05, 0) is 48.4 Å². The van der Waals surface area contributed by atoms with Crippen molar-refractivity contribution >= 4 is 33.4 Å². The predicted octanol–water partition coefficient (Wildman–Crippen LogP) is 1.88. The molecular formula is C14H15F3N2O4S2. The molecule has 1 atom stereocenters. The summed E-state index contributed by atoms with van der Waals surface area (Å²) in [5.74, 6) is -1.48. The van der Waals surface area contributed by atoms with Crippen LogP contribution >= 0.6 is 11.8 Å². The van der Waals surface area contributed by atoms with Gasteiger partial charge in [0.2, 0.25) is 5.91 Å². The van der Waals surface area contributed by atoms with Crippen LogP contribution in [0.1, 0.15) is 23.2 Å². The largest absolute Gasteiger partial charge is 0.446 e. The fourth-order valence-electron chi connectivity index (χ4n) is 2.35. The molecule has 1 aliphatic rings. The summed E-state index contributed by atoms with van der Waals surface area (Å²) in [6, 6.07) is 4.72. The number of alkyl halides is 3. The average molecular weight is 396 g/mol. The molecule has 2 amide bonds. The number of nitrogens with one attached hydrogen (secondary N) is 2. The SMILES string of the molecule is O=C(C[C@@H]1CCS(=O)(=O)C1)NNC(=O)c1ccc(SC(F)(F)F)cc1. The highest BCUT2D eigenvalue weighted by atomic mass is 32.2. The lowest BCUT2D eigenvalue weighted by Crippen LogP contribution is -2.42. The van der Waals surface area contributed by atoms with Gasteiger partial charge in [-0.15, -0.1) is 0 Å². The van der Waals surface area contributed by atoms with Gasteiger partial charge in [-0.2, -0.15) is 13.2 Å². The van der Waals surface area contributed by atoms with Crippen molar-refractivity contribution in [3.8, 4) is 0 Å². The minimum atomic E-state index is -4.41. The topological polar surface area (TPSA) is 92.3 Å². The van der Waals surface area contributed by atoms with Crippen molar-refractivity contribution < 1.29 is 31.2 Å². The molecular weight excluding hydrogens is 381 g/mol. The molecule has 2 N–H and O–H groups in total. The highest BCUT2D eigenvalue weighted by Crippen LogP contribution is 2.36. The quantitative estimate of drug-likeness (QED) is 0.599. The van der Waals surface area contributed by atoms with Crippen LogP contribution in [-0.4, -0.2) is 37.2 Å². The number of hydrazine groups is 1. The summed E-state index contributed by atoms with van der Waals surface area (Å²) in [6.45, 7) is 0. The van der Waals surface area contributed by atoms with Crippen molar-refractivity contribution in [2.24, 2.45) is 5.92 Å². The monoisotopic (exact) mass is 396 g/mol. The number of hydrogen-bond donors (Lipinski definition) is 2. The Morgan fingerprint density at radius 3 is 2.32 bits per heavy atom. The first-order chi connectivity index (χ1) is 11.5. The van der Waals surface area contributed by atoms with Crippen LogP contribution in [0.2, 0.25) is 0 Å². The van der Waals surface area contributed by atoms with E-state index in [0.717, 1.165) is 12.1 Å². The number of amides is 2. The van der Waals surface area contributed by atoms with Crippen LogP contribution in [-0.2, 0) is 14.6 Å². The van der Waals surface area contributed by atoms with Gasteiger partial charge in [-0.3, -0.25) is 20.4 Å². The molecule has 11 heteroatoms. The van der Waals surface area contributed by atoms with E-state index in [4.69, 9.17) is 0 Å². The van der Waals surface area contributed by atoms with E-state index >= 15 is 0 Å². The van der Waals surface area contributed by atoms with Crippen molar-refractivity contribution in [1.29, 1.82) is 0 Å². The molecule has 1 aromatic carbocycles. The molecule has 25 heavy (non-hydrogen) atoms. The Hall–Kier alpha value is -1.75. The normalized spacial score (nSPS) is 19.4. The third kappa shape index (κ3) is 6.58. The average Bonchev–Trinajstić information content (AvgIpc) is 2.82. The van der Waals surface area contributed by atoms with Crippen LogP contribution in [0.15, 0.2) is 29.2 Å². The lowest BCUT2D eigenvalue weighted by atomic mass is 10.1. The first-order valence-electron chi connectivity index (χ1n) is 7.19. The van der Waals surface area contributed by atoms with E-state index in [1.54, 1.807) is 0 Å². The zero-order valence-electron chi connectivity index (χ0n) is 12.8. The smallest absolute Gasteiger partial charge is 0.273 e. The molecule has 0 saturated carbocycles. The van der Waals surface area contributed by atoms with Gasteiger partial charge in [-0.1, -0.05) is 0 Å². The fourth-order valence-corrected chi connectivity index (χ4v) is 4.75. The molecule has 0 aromatic heterocycles. The molecule has 138 valence electrons. The van der Waals surface area contributed by atoms with Crippen LogP contribution < -0.4 is 10.9 Å². The second-order valence-electron chi connectivity index (χ2n) is 5.55. The van der Waals surface area contributed by atoms with Gasteiger partial charge in [0.1, 0.15) is 0 Å². The molecule has 0 aliphatic carbocycles. The standard InChI is InChI=1S/C14H15F3N2O4S2/c15-14(16,17)24-11-3-1-10(2-4-11)13(21)19-18-12(20)7-9-5-6-25(22,23)8-9/h1-4,9H,5-8H2,(H,18,20)(H,19,21)/t9-/m0/s1. The molecule has 1 fully saturated rings. The first kappa shape index (κ1) is 19.6. The first-order valence-corrected chi connectivity index (χ1v) is 9.83. The van der Waals surface area contributed by atoms with Gasteiger partial charge < -0.3 is 0 Å². The highest BCUT2D eigenvalue weighted by Gasteiger charge is 2.30. The molecule has 0 radical (unpaired) electrons. The number of thioether (sulfide) groups is 1. The molecule has 0 bridgehead atoms. The van der Waals surface area contributed by atoms with E-state index in [0.29, 0.717) is 6.42 Å². The number of sulfone groups is 1. The minimum Gasteiger partial charge on any atom is -0.273 e. The van der Waals surface area contributed by atoms with Crippen LogP contribution in [0.25, 0.3) is 0 Å². The molecule has 1 heterocycles. The zero-order chi connectivity index (χ0) is 18.7. The molecule has 2 rings (SSSR count). The van der Waals surface area contributed by atoms with Gasteiger partial charge >= 0.3 is 5.51 Å². The maximum absolute atomic E-state index is 12.2. The zero-order valence-corrected chi connectivity index (χ0v) is 14.4. The maximum Gasteiger partial charge on any atom is 0.446 e. The van der Waals surface area contributed by atoms with E-state index in [9.17, 15) is 31.2 Å². The van der Waals surface area contributed by atoms with Crippen molar-refractivity contribution in [1.82, 2.24) is 10.9 Å². The predicted molar refractivity (Wildman–Crippen MR) is 85.3 cm³/mol. The molecule has 0 spiro atoms. The Morgan fingerprint density at radius 1 is 1.16 bits per heavy atom. The Labute approximate surface area is 146 Å². The van der Waals surface area contributed by atoms with E-state index in [1.165, 1.54) is 12.1 Å². The van der Waals surface area contributed by atoms with Crippen LogP contribution in [0.4, 0.5) is 13.2 Å². The molecule has 1 aliphatic heterocycles. The molecule has 6 nitrogen and oxygen atoms in total. The summed E-state index contributed by atoms with van der Waals surface area (Å²) in [7, 11) is -3.08. The minimum absolute atomic E-state index is 0.0271. The third-order valence-corrected chi connectivity index (χ3v) is 6.04. The van der Waals surface area contributed by atoms with Crippen LogP contribution in [0, 0.1) is 5.92 Å². The van der Waals surface area contributed by atoms with Gasteiger partial charge in [0.15, 0.2) is 9.84 Å². The van der Waals surface area contributed by atoms with Gasteiger partial charge in [0, 0.05) is 16.9 Å². The van der Waals surface area contributed by atoms with Gasteiger partial charge in [0.25, 0.3) is 5.91 Å². The summed E-state index contributed by atoms with van der Waals surface area (Å²) in [5, 5.41) is 0. The summed E-state index contributed by atoms with van der Waals surface area (Å²) in [4.78, 5) is 23.5. The summed E-state index contributed by atoms with van der Waals surface area (Å²) < 4.78 is 59.3. The lowest BCUT2D eigenvalue weighted by Gasteiger charge is -2.10. The Morgan fingerprint density at radius 2 is 1.80 bits per heavy atom. The van der Waals surface area contributed by atoms with Gasteiger partial charge in [0.05, 0.1) is 11.5 Å². The lowest BCUT2D eigenvalue weighted by molar-refractivity contribution is -0.122. The van der Waals surface area contributed by atoms with Crippen molar-refractivity contribution in [3.63, 3.8) is 0 Å². The number of benzene rings is 1.